The Morgan fingerprint density at radius 2 is 2.27 bits per heavy atom. The van der Waals surface area contributed by atoms with Gasteiger partial charge in [-0.2, -0.15) is 0 Å². The fourth-order valence-corrected chi connectivity index (χ4v) is 2.71. The summed E-state index contributed by atoms with van der Waals surface area (Å²) in [7, 11) is 1.54. The van der Waals surface area contributed by atoms with Gasteiger partial charge in [0, 0.05) is 6.54 Å². The lowest BCUT2D eigenvalue weighted by atomic mass is 9.94. The first-order valence-electron chi connectivity index (χ1n) is 6.99. The number of hydrogen-bond donors (Lipinski definition) is 1. The van der Waals surface area contributed by atoms with E-state index in [4.69, 9.17) is 9.47 Å². The van der Waals surface area contributed by atoms with Crippen LogP contribution in [0.3, 0.4) is 0 Å². The molecular formula is C16H19NO5. The Morgan fingerprint density at radius 3 is 2.91 bits per heavy atom. The van der Waals surface area contributed by atoms with Crippen molar-refractivity contribution >= 4 is 12.1 Å². The van der Waals surface area contributed by atoms with Gasteiger partial charge in [0.2, 0.25) is 0 Å². The second kappa shape index (κ2) is 6.98. The van der Waals surface area contributed by atoms with Crippen molar-refractivity contribution in [3.63, 3.8) is 0 Å². The van der Waals surface area contributed by atoms with E-state index in [2.05, 4.69) is 6.58 Å². The topological polar surface area (TPSA) is 76.1 Å². The summed E-state index contributed by atoms with van der Waals surface area (Å²) in [5, 5.41) is 9.42. The van der Waals surface area contributed by atoms with Gasteiger partial charge in [0.05, 0.1) is 19.1 Å². The van der Waals surface area contributed by atoms with Gasteiger partial charge in [-0.3, -0.25) is 4.79 Å². The molecule has 0 unspecified atom stereocenters. The normalized spacial score (nSPS) is 20.5. The highest BCUT2D eigenvalue weighted by atomic mass is 16.6. The number of hydrogen-bond acceptors (Lipinski definition) is 4. The molecular weight excluding hydrogens is 286 g/mol. The number of methoxy groups -OCH3 is 1. The van der Waals surface area contributed by atoms with Crippen LogP contribution in [0.15, 0.2) is 36.9 Å². The van der Waals surface area contributed by atoms with Crippen molar-refractivity contribution in [3.05, 3.63) is 42.5 Å². The van der Waals surface area contributed by atoms with E-state index < -0.39 is 24.0 Å². The zero-order valence-electron chi connectivity index (χ0n) is 12.4. The van der Waals surface area contributed by atoms with E-state index in [1.54, 1.807) is 31.4 Å². The molecule has 1 N–H and O–H groups in total. The van der Waals surface area contributed by atoms with Gasteiger partial charge in [0.25, 0.3) is 0 Å². The molecule has 0 saturated carbocycles. The summed E-state index contributed by atoms with van der Waals surface area (Å²) in [6.07, 6.45) is 1.33. The summed E-state index contributed by atoms with van der Waals surface area (Å²) in [5.41, 5.74) is 0.722. The van der Waals surface area contributed by atoms with Gasteiger partial charge >= 0.3 is 12.1 Å². The molecule has 1 amide bonds. The predicted molar refractivity (Wildman–Crippen MR) is 79.7 cm³/mol. The Hall–Kier alpha value is -2.50. The zero-order chi connectivity index (χ0) is 16.1. The first kappa shape index (κ1) is 15.9. The maximum absolute atomic E-state index is 12.1. The number of likely N-dealkylation sites (tertiary alicyclic amines) is 1. The molecule has 6 heteroatoms. The first-order chi connectivity index (χ1) is 10.6. The van der Waals surface area contributed by atoms with Gasteiger partial charge in [-0.15, -0.1) is 0 Å². The molecule has 1 heterocycles. The van der Waals surface area contributed by atoms with Crippen LogP contribution in [0, 0.1) is 5.92 Å². The number of amides is 1. The Morgan fingerprint density at radius 1 is 1.50 bits per heavy atom. The van der Waals surface area contributed by atoms with Gasteiger partial charge in [0.1, 0.15) is 12.4 Å². The van der Waals surface area contributed by atoms with Crippen molar-refractivity contribution in [1.82, 2.24) is 4.90 Å². The molecule has 2 rings (SSSR count). The van der Waals surface area contributed by atoms with Crippen molar-refractivity contribution in [2.75, 3.05) is 20.3 Å². The largest absolute Gasteiger partial charge is 0.497 e. The van der Waals surface area contributed by atoms with Crippen LogP contribution in [0.2, 0.25) is 0 Å². The number of ether oxygens (including phenoxy) is 2. The van der Waals surface area contributed by atoms with Gasteiger partial charge < -0.3 is 19.5 Å². The highest BCUT2D eigenvalue weighted by Gasteiger charge is 2.42. The van der Waals surface area contributed by atoms with E-state index in [0.29, 0.717) is 18.7 Å². The Bertz CT molecular complexity index is 571. The number of carbonyl (C=O) groups excluding carboxylic acids is 1. The quantitative estimate of drug-likeness (QED) is 0.846. The van der Waals surface area contributed by atoms with Crippen LogP contribution in [-0.4, -0.2) is 42.3 Å². The molecule has 1 saturated heterocycles. The van der Waals surface area contributed by atoms with E-state index >= 15 is 0 Å². The fraction of sp³-hybridized carbons (Fsp3) is 0.375. The lowest BCUT2D eigenvalue weighted by Gasteiger charge is -2.26. The highest BCUT2D eigenvalue weighted by molar-refractivity contribution is 5.76. The van der Waals surface area contributed by atoms with Gasteiger partial charge in [-0.25, -0.2) is 4.79 Å². The van der Waals surface area contributed by atoms with Crippen LogP contribution in [0.4, 0.5) is 4.79 Å². The first-order valence-corrected chi connectivity index (χ1v) is 6.99. The van der Waals surface area contributed by atoms with Gasteiger partial charge in [0.15, 0.2) is 0 Å². The van der Waals surface area contributed by atoms with Crippen molar-refractivity contribution in [3.8, 4) is 5.75 Å². The van der Waals surface area contributed by atoms with Crippen LogP contribution < -0.4 is 4.74 Å². The lowest BCUT2D eigenvalue weighted by Crippen LogP contribution is -2.34. The van der Waals surface area contributed by atoms with Crippen LogP contribution in [0.25, 0.3) is 0 Å². The smallest absolute Gasteiger partial charge is 0.410 e. The summed E-state index contributed by atoms with van der Waals surface area (Å²) in [6, 6.07) is 6.53. The van der Waals surface area contributed by atoms with Gasteiger partial charge in [-0.05, 0) is 24.1 Å². The summed E-state index contributed by atoms with van der Waals surface area (Å²) in [4.78, 5) is 25.1. The number of carbonyl (C=O) groups is 2. The third kappa shape index (κ3) is 3.21. The number of nitrogens with zero attached hydrogens (tertiary/aromatic N) is 1. The SMILES string of the molecule is C=CCOC(=O)N1CC[C@@H](C(=O)O)[C@H]1c1cccc(OC)c1. The van der Waals surface area contributed by atoms with E-state index in [-0.39, 0.29) is 6.61 Å². The number of aliphatic carboxylic acids is 1. The Kier molecular flexibility index (Phi) is 5.04. The number of benzene rings is 1. The summed E-state index contributed by atoms with van der Waals surface area (Å²) >= 11 is 0. The van der Waals surface area contributed by atoms with Crippen LogP contribution in [0.1, 0.15) is 18.0 Å². The molecule has 1 aliphatic rings. The molecule has 0 bridgehead atoms. The minimum atomic E-state index is -0.924. The molecule has 6 nitrogen and oxygen atoms in total. The molecule has 1 aromatic rings. The van der Waals surface area contributed by atoms with Crippen molar-refractivity contribution in [2.45, 2.75) is 12.5 Å². The average molecular weight is 305 g/mol. The monoisotopic (exact) mass is 305 g/mol. The summed E-state index contributed by atoms with van der Waals surface area (Å²) in [6.45, 7) is 3.93. The number of rotatable bonds is 5. The standard InChI is InChI=1S/C16H19NO5/c1-3-9-22-16(20)17-8-7-13(15(18)19)14(17)11-5-4-6-12(10-11)21-2/h3-6,10,13-14H,1,7-9H2,2H3,(H,18,19)/t13-,14-/m1/s1. The second-order valence-electron chi connectivity index (χ2n) is 5.01. The lowest BCUT2D eigenvalue weighted by molar-refractivity contribution is -0.142. The molecule has 0 aliphatic carbocycles. The van der Waals surface area contributed by atoms with Crippen LogP contribution in [0.5, 0.6) is 5.75 Å². The predicted octanol–water partition coefficient (Wildman–Crippen LogP) is 2.47. The Balaban J connectivity index is 2.31. The molecule has 1 aliphatic heterocycles. The molecule has 1 aromatic carbocycles. The Labute approximate surface area is 128 Å². The second-order valence-corrected chi connectivity index (χ2v) is 5.01. The molecule has 1 fully saturated rings. The van der Waals surface area contributed by atoms with E-state index in [1.165, 1.54) is 11.0 Å². The minimum absolute atomic E-state index is 0.0951. The van der Waals surface area contributed by atoms with E-state index in [9.17, 15) is 14.7 Å². The zero-order valence-corrected chi connectivity index (χ0v) is 12.4. The van der Waals surface area contributed by atoms with Crippen molar-refractivity contribution in [2.24, 2.45) is 5.92 Å². The maximum Gasteiger partial charge on any atom is 0.410 e. The molecule has 22 heavy (non-hydrogen) atoms. The van der Waals surface area contributed by atoms with Crippen LogP contribution >= 0.6 is 0 Å². The molecule has 0 spiro atoms. The number of carboxylic acids is 1. The highest BCUT2D eigenvalue weighted by Crippen LogP contribution is 2.38. The van der Waals surface area contributed by atoms with Crippen LogP contribution in [-0.2, 0) is 9.53 Å². The molecule has 0 radical (unpaired) electrons. The molecule has 118 valence electrons. The minimum Gasteiger partial charge on any atom is -0.497 e. The number of carboxylic acid groups (broad SMARTS) is 1. The van der Waals surface area contributed by atoms with Crippen molar-refractivity contribution in [1.29, 1.82) is 0 Å². The van der Waals surface area contributed by atoms with Gasteiger partial charge in [-0.1, -0.05) is 24.8 Å². The molecule has 2 atom stereocenters. The maximum atomic E-state index is 12.1. The molecule has 0 aromatic heterocycles. The fourth-order valence-electron chi connectivity index (χ4n) is 2.71. The van der Waals surface area contributed by atoms with Crippen molar-refractivity contribution < 1.29 is 24.2 Å². The van der Waals surface area contributed by atoms with E-state index in [1.807, 2.05) is 0 Å². The van der Waals surface area contributed by atoms with E-state index in [0.717, 1.165) is 5.56 Å². The summed E-state index contributed by atoms with van der Waals surface area (Å²) < 4.78 is 10.2. The third-order valence-corrected chi connectivity index (χ3v) is 3.71. The summed E-state index contributed by atoms with van der Waals surface area (Å²) in [5.74, 6) is -0.969. The third-order valence-electron chi connectivity index (χ3n) is 3.71. The average Bonchev–Trinajstić information content (AvgIpc) is 2.97.